The molecule has 1 aromatic heterocycles. The average Bonchev–Trinajstić information content (AvgIpc) is 2.86. The molecule has 176 valence electrons. The molecule has 9 nitrogen and oxygen atoms in total. The van der Waals surface area contributed by atoms with E-state index in [1.807, 2.05) is 6.07 Å². The molecule has 0 atom stereocenters. The molecular weight excluding hydrogens is 440 g/mol. The van der Waals surface area contributed by atoms with Crippen molar-refractivity contribution in [1.82, 2.24) is 4.57 Å². The highest BCUT2D eigenvalue weighted by Gasteiger charge is 2.27. The number of aromatic nitrogens is 1. The first-order valence-electron chi connectivity index (χ1n) is 10.1. The molecule has 3 aromatic rings. The minimum Gasteiger partial charge on any atom is -0.497 e. The lowest BCUT2D eigenvalue weighted by Crippen LogP contribution is -2.27. The molecule has 0 fully saturated rings. The number of aromatic hydroxyl groups is 1. The molecule has 0 saturated carbocycles. The van der Waals surface area contributed by atoms with Crippen molar-refractivity contribution in [1.29, 1.82) is 5.26 Å². The van der Waals surface area contributed by atoms with Crippen molar-refractivity contribution in [2.75, 3.05) is 28.4 Å². The Kier molecular flexibility index (Phi) is 7.12. The Balaban J connectivity index is 2.20. The molecule has 0 aliphatic heterocycles. The van der Waals surface area contributed by atoms with E-state index >= 15 is 0 Å². The largest absolute Gasteiger partial charge is 0.497 e. The van der Waals surface area contributed by atoms with Crippen molar-refractivity contribution >= 4 is 5.78 Å². The van der Waals surface area contributed by atoms with Gasteiger partial charge in [0.1, 0.15) is 17.4 Å². The van der Waals surface area contributed by atoms with E-state index in [2.05, 4.69) is 0 Å². The smallest absolute Gasteiger partial charge is 0.271 e. The number of hydrogen-bond acceptors (Lipinski definition) is 8. The Bertz CT molecular complexity index is 1310. The molecule has 0 unspecified atom stereocenters. The first-order valence-corrected chi connectivity index (χ1v) is 10.1. The zero-order chi connectivity index (χ0) is 25.0. The number of ketones is 1. The molecule has 0 saturated heterocycles. The SMILES string of the molecule is COc1ccc(Cn2c(O)c(C(=O)c3cc(OC)c(OC)c(OC)c3)c(C)c(C#N)c2=O)cc1. The fourth-order valence-corrected chi connectivity index (χ4v) is 3.64. The highest BCUT2D eigenvalue weighted by molar-refractivity contribution is 6.12. The maximum Gasteiger partial charge on any atom is 0.271 e. The summed E-state index contributed by atoms with van der Waals surface area (Å²) in [5.41, 5.74) is -0.242. The van der Waals surface area contributed by atoms with Gasteiger partial charge in [0.25, 0.3) is 5.56 Å². The zero-order valence-corrected chi connectivity index (χ0v) is 19.5. The summed E-state index contributed by atoms with van der Waals surface area (Å²) in [4.78, 5) is 26.5. The molecule has 0 bridgehead atoms. The molecule has 0 aliphatic rings. The summed E-state index contributed by atoms with van der Waals surface area (Å²) < 4.78 is 22.1. The van der Waals surface area contributed by atoms with Crippen LogP contribution in [0.3, 0.4) is 0 Å². The van der Waals surface area contributed by atoms with Crippen LogP contribution in [-0.2, 0) is 6.54 Å². The van der Waals surface area contributed by atoms with Gasteiger partial charge in [-0.1, -0.05) is 12.1 Å². The van der Waals surface area contributed by atoms with Gasteiger partial charge in [0.2, 0.25) is 11.6 Å². The Labute approximate surface area is 196 Å². The molecule has 3 rings (SSSR count). The number of hydrogen-bond donors (Lipinski definition) is 1. The third-order valence-corrected chi connectivity index (χ3v) is 5.45. The van der Waals surface area contributed by atoms with Crippen molar-refractivity contribution in [2.24, 2.45) is 0 Å². The second kappa shape index (κ2) is 10.0. The van der Waals surface area contributed by atoms with Gasteiger partial charge in [-0.25, -0.2) is 0 Å². The van der Waals surface area contributed by atoms with Crippen LogP contribution in [-0.4, -0.2) is 43.9 Å². The zero-order valence-electron chi connectivity index (χ0n) is 19.5. The minimum absolute atomic E-state index is 0.0564. The maximum atomic E-state index is 13.5. The normalized spacial score (nSPS) is 10.4. The molecule has 1 N–H and O–H groups in total. The van der Waals surface area contributed by atoms with E-state index < -0.39 is 17.2 Å². The van der Waals surface area contributed by atoms with E-state index in [0.717, 1.165) is 4.57 Å². The number of carbonyl (C=O) groups excluding carboxylic acids is 1. The summed E-state index contributed by atoms with van der Waals surface area (Å²) in [6.07, 6.45) is 0. The van der Waals surface area contributed by atoms with Crippen LogP contribution >= 0.6 is 0 Å². The lowest BCUT2D eigenvalue weighted by atomic mass is 9.96. The Morgan fingerprint density at radius 2 is 1.59 bits per heavy atom. The first kappa shape index (κ1) is 24.2. The predicted molar refractivity (Wildman–Crippen MR) is 123 cm³/mol. The van der Waals surface area contributed by atoms with Gasteiger partial charge in [-0.15, -0.1) is 0 Å². The lowest BCUT2D eigenvalue weighted by Gasteiger charge is -2.17. The summed E-state index contributed by atoms with van der Waals surface area (Å²) in [5.74, 6) is 0.249. The molecule has 2 aromatic carbocycles. The first-order chi connectivity index (χ1) is 16.3. The molecular formula is C25H24N2O7. The minimum atomic E-state index is -0.699. The van der Waals surface area contributed by atoms with Crippen molar-refractivity contribution in [3.8, 4) is 34.9 Å². The third kappa shape index (κ3) is 4.26. The van der Waals surface area contributed by atoms with Crippen LogP contribution in [0.25, 0.3) is 0 Å². The van der Waals surface area contributed by atoms with Gasteiger partial charge in [0.05, 0.1) is 40.5 Å². The fourth-order valence-electron chi connectivity index (χ4n) is 3.64. The Morgan fingerprint density at radius 1 is 1.00 bits per heavy atom. The second-order valence-electron chi connectivity index (χ2n) is 7.29. The van der Waals surface area contributed by atoms with E-state index in [-0.39, 0.29) is 40.3 Å². The van der Waals surface area contributed by atoms with E-state index in [9.17, 15) is 20.0 Å². The topological polar surface area (TPSA) is 120 Å². The van der Waals surface area contributed by atoms with Crippen molar-refractivity contribution in [3.05, 3.63) is 74.6 Å². The number of pyridine rings is 1. The van der Waals surface area contributed by atoms with Gasteiger partial charge in [-0.2, -0.15) is 5.26 Å². The van der Waals surface area contributed by atoms with Crippen molar-refractivity contribution in [2.45, 2.75) is 13.5 Å². The van der Waals surface area contributed by atoms with Gasteiger partial charge in [0.15, 0.2) is 17.3 Å². The van der Waals surface area contributed by atoms with Crippen LogP contribution in [0.5, 0.6) is 28.9 Å². The predicted octanol–water partition coefficient (Wildman–Crippen LogP) is 3.05. The Hall–Kier alpha value is -4.45. The van der Waals surface area contributed by atoms with Crippen LogP contribution in [0.4, 0.5) is 0 Å². The van der Waals surface area contributed by atoms with E-state index in [1.165, 1.54) is 47.5 Å². The van der Waals surface area contributed by atoms with Crippen LogP contribution in [0.15, 0.2) is 41.2 Å². The molecule has 0 spiro atoms. The molecule has 9 heteroatoms. The lowest BCUT2D eigenvalue weighted by molar-refractivity contribution is 0.103. The average molecular weight is 464 g/mol. The number of carbonyl (C=O) groups is 1. The van der Waals surface area contributed by atoms with Crippen molar-refractivity contribution in [3.63, 3.8) is 0 Å². The van der Waals surface area contributed by atoms with E-state index in [4.69, 9.17) is 18.9 Å². The Morgan fingerprint density at radius 3 is 2.06 bits per heavy atom. The summed E-state index contributed by atoms with van der Waals surface area (Å²) in [6.45, 7) is 1.39. The van der Waals surface area contributed by atoms with Gasteiger partial charge in [-0.3, -0.25) is 14.2 Å². The number of benzene rings is 2. The van der Waals surface area contributed by atoms with Gasteiger partial charge < -0.3 is 24.1 Å². The standard InChI is InChI=1S/C25H24N2O7/c1-14-18(12-26)24(29)27(13-15-6-8-17(31-2)9-7-15)25(30)21(14)22(28)16-10-19(32-3)23(34-5)20(11-16)33-4/h6-11,30H,13H2,1-5H3. The number of ether oxygens (including phenoxy) is 4. The van der Waals surface area contributed by atoms with Gasteiger partial charge in [0, 0.05) is 5.56 Å². The summed E-state index contributed by atoms with van der Waals surface area (Å²) in [7, 11) is 5.80. The fraction of sp³-hybridized carbons (Fsp3) is 0.240. The van der Waals surface area contributed by atoms with Crippen LogP contribution in [0.2, 0.25) is 0 Å². The van der Waals surface area contributed by atoms with Crippen LogP contribution in [0, 0.1) is 18.3 Å². The summed E-state index contributed by atoms with van der Waals surface area (Å²) in [5, 5.41) is 20.7. The molecule has 34 heavy (non-hydrogen) atoms. The van der Waals surface area contributed by atoms with E-state index in [0.29, 0.717) is 17.1 Å². The van der Waals surface area contributed by atoms with Crippen LogP contribution in [0.1, 0.15) is 32.6 Å². The second-order valence-corrected chi connectivity index (χ2v) is 7.29. The maximum absolute atomic E-state index is 13.5. The van der Waals surface area contributed by atoms with E-state index in [1.54, 1.807) is 24.3 Å². The molecule has 1 heterocycles. The highest BCUT2D eigenvalue weighted by Crippen LogP contribution is 2.39. The number of rotatable bonds is 8. The highest BCUT2D eigenvalue weighted by atomic mass is 16.5. The molecule has 0 radical (unpaired) electrons. The quantitative estimate of drug-likeness (QED) is 0.505. The van der Waals surface area contributed by atoms with Gasteiger partial charge in [-0.05, 0) is 42.3 Å². The van der Waals surface area contributed by atoms with Crippen molar-refractivity contribution < 1.29 is 28.8 Å². The number of nitriles is 1. The van der Waals surface area contributed by atoms with Crippen LogP contribution < -0.4 is 24.5 Å². The molecule has 0 amide bonds. The monoisotopic (exact) mass is 464 g/mol. The third-order valence-electron chi connectivity index (χ3n) is 5.45. The number of nitrogens with zero attached hydrogens (tertiary/aromatic N) is 2. The summed E-state index contributed by atoms with van der Waals surface area (Å²) >= 11 is 0. The summed E-state index contributed by atoms with van der Waals surface area (Å²) in [6, 6.07) is 11.6. The van der Waals surface area contributed by atoms with Gasteiger partial charge >= 0.3 is 0 Å². The number of methoxy groups -OCH3 is 4. The molecule has 0 aliphatic carbocycles.